The van der Waals surface area contributed by atoms with E-state index < -0.39 is 20.6 Å². The molecule has 0 amide bonds. The summed E-state index contributed by atoms with van der Waals surface area (Å²) >= 11 is 0. The molecule has 0 aliphatic carbocycles. The van der Waals surface area contributed by atoms with E-state index in [1.165, 1.54) is 23.5 Å². The van der Waals surface area contributed by atoms with Crippen LogP contribution in [0.3, 0.4) is 0 Å². The second kappa shape index (κ2) is 8.13. The first-order valence-electron chi connectivity index (χ1n) is 8.60. The van der Waals surface area contributed by atoms with Crippen molar-refractivity contribution in [3.05, 3.63) is 52.6 Å². The van der Waals surface area contributed by atoms with Gasteiger partial charge >= 0.3 is 5.69 Å². The van der Waals surface area contributed by atoms with Crippen molar-refractivity contribution in [2.24, 2.45) is 0 Å². The minimum absolute atomic E-state index is 0.0347. The van der Waals surface area contributed by atoms with E-state index in [4.69, 9.17) is 9.47 Å². The minimum Gasteiger partial charge on any atom is -0.497 e. The highest BCUT2D eigenvalue weighted by atomic mass is 32.2. The zero-order valence-electron chi connectivity index (χ0n) is 15.6. The third kappa shape index (κ3) is 4.24. The van der Waals surface area contributed by atoms with Crippen LogP contribution in [0.5, 0.6) is 17.2 Å². The number of nitro benzene ring substituents is 1. The number of sulfonamides is 1. The Balaban J connectivity index is 1.89. The Morgan fingerprint density at radius 2 is 1.61 bits per heavy atom. The van der Waals surface area contributed by atoms with Gasteiger partial charge in [-0.15, -0.1) is 0 Å². The molecule has 2 aromatic rings. The van der Waals surface area contributed by atoms with E-state index >= 15 is 0 Å². The summed E-state index contributed by atoms with van der Waals surface area (Å²) in [6.07, 6.45) is 0. The number of hydrogen-bond acceptors (Lipinski definition) is 7. The van der Waals surface area contributed by atoms with Crippen LogP contribution in [-0.4, -0.2) is 62.9 Å². The number of hydrogen-bond donors (Lipinski definition) is 0. The lowest BCUT2D eigenvalue weighted by Gasteiger charge is -2.31. The third-order valence-corrected chi connectivity index (χ3v) is 6.41. The molecule has 0 atom stereocenters. The van der Waals surface area contributed by atoms with E-state index in [1.54, 1.807) is 24.3 Å². The number of nitrogens with zero attached hydrogens (tertiary/aromatic N) is 3. The van der Waals surface area contributed by atoms with Crippen molar-refractivity contribution in [1.29, 1.82) is 0 Å². The molecule has 0 unspecified atom stereocenters. The average molecular weight is 407 g/mol. The predicted octanol–water partition coefficient (Wildman–Crippen LogP) is 2.33. The fourth-order valence-electron chi connectivity index (χ4n) is 2.83. The fraction of sp³-hybridized carbons (Fsp3) is 0.333. The van der Waals surface area contributed by atoms with Crippen molar-refractivity contribution < 1.29 is 22.8 Å². The standard InChI is InChI=1S/C18H21N3O6S/c1-19-9-11-20(12-10-19)28(24,25)16-7-8-18(17(13-16)21(22)23)27-15-5-3-14(26-2)4-6-15/h3-8,13H,9-12H2,1-2H3. The van der Waals surface area contributed by atoms with Crippen molar-refractivity contribution in [3.8, 4) is 17.2 Å². The molecule has 0 N–H and O–H groups in total. The smallest absolute Gasteiger partial charge is 0.312 e. The van der Waals surface area contributed by atoms with Gasteiger partial charge in [-0.05, 0) is 43.4 Å². The molecule has 150 valence electrons. The molecule has 28 heavy (non-hydrogen) atoms. The second-order valence-corrected chi connectivity index (χ2v) is 8.31. The third-order valence-electron chi connectivity index (χ3n) is 4.51. The van der Waals surface area contributed by atoms with Gasteiger partial charge in [0.15, 0.2) is 0 Å². The highest BCUT2D eigenvalue weighted by molar-refractivity contribution is 7.89. The Hall–Kier alpha value is -2.69. The number of piperazine rings is 1. The first-order valence-corrected chi connectivity index (χ1v) is 10.0. The number of likely N-dealkylation sites (N-methyl/N-ethyl adjacent to an activating group) is 1. The number of methoxy groups -OCH3 is 1. The Labute approximate surface area is 163 Å². The summed E-state index contributed by atoms with van der Waals surface area (Å²) in [5.74, 6) is 0.960. The molecular formula is C18H21N3O6S. The first kappa shape index (κ1) is 20.1. The summed E-state index contributed by atoms with van der Waals surface area (Å²) < 4.78 is 37.7. The number of nitro groups is 1. The predicted molar refractivity (Wildman–Crippen MR) is 102 cm³/mol. The summed E-state index contributed by atoms with van der Waals surface area (Å²) in [6, 6.07) is 10.2. The highest BCUT2D eigenvalue weighted by Crippen LogP contribution is 2.34. The van der Waals surface area contributed by atoms with Crippen molar-refractivity contribution in [2.75, 3.05) is 40.3 Å². The second-order valence-electron chi connectivity index (χ2n) is 6.37. The van der Waals surface area contributed by atoms with Crippen LogP contribution in [-0.2, 0) is 10.0 Å². The molecular weight excluding hydrogens is 386 g/mol. The molecule has 0 saturated carbocycles. The summed E-state index contributed by atoms with van der Waals surface area (Å²) in [5.41, 5.74) is -0.411. The van der Waals surface area contributed by atoms with Crippen LogP contribution in [0.1, 0.15) is 0 Å². The van der Waals surface area contributed by atoms with Gasteiger partial charge in [0, 0.05) is 32.2 Å². The molecule has 1 saturated heterocycles. The van der Waals surface area contributed by atoms with E-state index in [0.717, 1.165) is 6.07 Å². The lowest BCUT2D eigenvalue weighted by Crippen LogP contribution is -2.47. The van der Waals surface area contributed by atoms with E-state index in [1.807, 2.05) is 11.9 Å². The Bertz CT molecular complexity index is 954. The molecule has 0 aromatic heterocycles. The van der Waals surface area contributed by atoms with Crippen molar-refractivity contribution >= 4 is 15.7 Å². The summed E-state index contributed by atoms with van der Waals surface area (Å²) in [4.78, 5) is 12.8. The van der Waals surface area contributed by atoms with Crippen LogP contribution < -0.4 is 9.47 Å². The molecule has 0 bridgehead atoms. The topological polar surface area (TPSA) is 102 Å². The molecule has 2 aromatic carbocycles. The van der Waals surface area contributed by atoms with Crippen LogP contribution in [0.2, 0.25) is 0 Å². The van der Waals surface area contributed by atoms with Crippen molar-refractivity contribution in [1.82, 2.24) is 9.21 Å². The van der Waals surface area contributed by atoms with Gasteiger partial charge in [0.1, 0.15) is 11.5 Å². The minimum atomic E-state index is -3.81. The molecule has 1 fully saturated rings. The van der Waals surface area contributed by atoms with Gasteiger partial charge in [-0.25, -0.2) is 8.42 Å². The van der Waals surface area contributed by atoms with Crippen LogP contribution in [0, 0.1) is 10.1 Å². The van der Waals surface area contributed by atoms with Gasteiger partial charge in [-0.1, -0.05) is 0 Å². The van der Waals surface area contributed by atoms with Crippen molar-refractivity contribution in [3.63, 3.8) is 0 Å². The van der Waals surface area contributed by atoms with Gasteiger partial charge in [-0.3, -0.25) is 10.1 Å². The van der Waals surface area contributed by atoms with Gasteiger partial charge in [0.05, 0.1) is 16.9 Å². The van der Waals surface area contributed by atoms with Crippen LogP contribution in [0.4, 0.5) is 5.69 Å². The van der Waals surface area contributed by atoms with E-state index in [2.05, 4.69) is 0 Å². The van der Waals surface area contributed by atoms with E-state index in [9.17, 15) is 18.5 Å². The molecule has 3 rings (SSSR count). The zero-order valence-corrected chi connectivity index (χ0v) is 16.4. The van der Waals surface area contributed by atoms with E-state index in [0.29, 0.717) is 37.7 Å². The highest BCUT2D eigenvalue weighted by Gasteiger charge is 2.30. The first-order chi connectivity index (χ1) is 13.3. The maximum Gasteiger partial charge on any atom is 0.312 e. The zero-order chi connectivity index (χ0) is 20.3. The summed E-state index contributed by atoms with van der Waals surface area (Å²) in [6.45, 7) is 1.91. The molecule has 0 spiro atoms. The SMILES string of the molecule is COc1ccc(Oc2ccc(S(=O)(=O)N3CCN(C)CC3)cc2[N+](=O)[O-])cc1. The van der Waals surface area contributed by atoms with Crippen molar-refractivity contribution in [2.45, 2.75) is 4.90 Å². The summed E-state index contributed by atoms with van der Waals surface area (Å²) in [7, 11) is -0.365. The van der Waals surface area contributed by atoms with Crippen LogP contribution >= 0.6 is 0 Å². The number of ether oxygens (including phenoxy) is 2. The van der Waals surface area contributed by atoms with Gasteiger partial charge in [0.25, 0.3) is 0 Å². The quantitative estimate of drug-likeness (QED) is 0.535. The number of rotatable bonds is 6. The molecule has 1 aliphatic heterocycles. The Morgan fingerprint density at radius 3 is 2.18 bits per heavy atom. The maximum absolute atomic E-state index is 12.8. The lowest BCUT2D eigenvalue weighted by molar-refractivity contribution is -0.385. The van der Waals surface area contributed by atoms with Crippen LogP contribution in [0.15, 0.2) is 47.4 Å². The Morgan fingerprint density at radius 1 is 1.00 bits per heavy atom. The lowest BCUT2D eigenvalue weighted by atomic mass is 10.3. The molecule has 1 heterocycles. The molecule has 10 heteroatoms. The van der Waals surface area contributed by atoms with Gasteiger partial charge < -0.3 is 14.4 Å². The van der Waals surface area contributed by atoms with Gasteiger partial charge in [0.2, 0.25) is 15.8 Å². The summed E-state index contributed by atoms with van der Waals surface area (Å²) in [5, 5.41) is 11.5. The average Bonchev–Trinajstić information content (AvgIpc) is 2.69. The van der Waals surface area contributed by atoms with E-state index in [-0.39, 0.29) is 10.6 Å². The molecule has 0 radical (unpaired) electrons. The normalized spacial score (nSPS) is 15.9. The largest absolute Gasteiger partial charge is 0.497 e. The van der Waals surface area contributed by atoms with Crippen LogP contribution in [0.25, 0.3) is 0 Å². The number of benzene rings is 2. The monoisotopic (exact) mass is 407 g/mol. The molecule has 1 aliphatic rings. The molecule has 9 nitrogen and oxygen atoms in total. The fourth-order valence-corrected chi connectivity index (χ4v) is 4.28. The Kier molecular flexibility index (Phi) is 5.82. The van der Waals surface area contributed by atoms with Gasteiger partial charge in [-0.2, -0.15) is 4.31 Å². The maximum atomic E-state index is 12.8.